The van der Waals surface area contributed by atoms with E-state index >= 15 is 0 Å². The van der Waals surface area contributed by atoms with Crippen LogP contribution in [0.1, 0.15) is 26.3 Å². The van der Waals surface area contributed by atoms with E-state index in [2.05, 4.69) is 0 Å². The maximum atomic E-state index is 11.9. The van der Waals surface area contributed by atoms with Crippen molar-refractivity contribution in [3.05, 3.63) is 34.2 Å². The summed E-state index contributed by atoms with van der Waals surface area (Å²) in [5, 5.41) is 0. The van der Waals surface area contributed by atoms with Crippen molar-refractivity contribution < 1.29 is 4.74 Å². The predicted octanol–water partition coefficient (Wildman–Crippen LogP) is 1.84. The van der Waals surface area contributed by atoms with Crippen molar-refractivity contribution in [2.75, 3.05) is 7.11 Å². The minimum Gasteiger partial charge on any atom is -0.377 e. The molecule has 0 unspecified atom stereocenters. The molecule has 0 aliphatic rings. The molecule has 0 amide bonds. The molecule has 0 atom stereocenters. The lowest BCUT2D eigenvalue weighted by molar-refractivity contribution is 0.00733. The van der Waals surface area contributed by atoms with Gasteiger partial charge < -0.3 is 9.30 Å². The zero-order valence-electron chi connectivity index (χ0n) is 9.91. The van der Waals surface area contributed by atoms with E-state index in [0.717, 1.165) is 12.0 Å². The van der Waals surface area contributed by atoms with Gasteiger partial charge in [0.15, 0.2) is 0 Å². The molecule has 84 valence electrons. The second kappa shape index (κ2) is 4.62. The Bertz CT molecular complexity index is 379. The van der Waals surface area contributed by atoms with Gasteiger partial charge in [-0.05, 0) is 26.3 Å². The van der Waals surface area contributed by atoms with Crippen LogP contribution in [0.15, 0.2) is 23.1 Å². The van der Waals surface area contributed by atoms with E-state index in [1.165, 1.54) is 0 Å². The lowest BCUT2D eigenvalue weighted by atomic mass is 10.1. The molecule has 1 heterocycles. The third-order valence-electron chi connectivity index (χ3n) is 2.58. The fourth-order valence-electron chi connectivity index (χ4n) is 1.45. The quantitative estimate of drug-likeness (QED) is 0.757. The normalized spacial score (nSPS) is 11.7. The fraction of sp³-hybridized carbons (Fsp3) is 0.583. The first-order chi connectivity index (χ1) is 7.00. The highest BCUT2D eigenvalue weighted by Gasteiger charge is 2.17. The summed E-state index contributed by atoms with van der Waals surface area (Å²) in [6, 6.07) is 3.78. The van der Waals surface area contributed by atoms with Crippen molar-refractivity contribution in [3.63, 3.8) is 0 Å². The molecule has 0 aliphatic heterocycles. The number of pyridine rings is 1. The van der Waals surface area contributed by atoms with Crippen molar-refractivity contribution in [1.82, 2.24) is 4.57 Å². The first-order valence-corrected chi connectivity index (χ1v) is 5.23. The first-order valence-electron chi connectivity index (χ1n) is 5.23. The Morgan fingerprint density at radius 3 is 2.67 bits per heavy atom. The molecule has 0 aliphatic carbocycles. The molecule has 1 rings (SSSR count). The van der Waals surface area contributed by atoms with Gasteiger partial charge in [0.25, 0.3) is 5.56 Å². The number of nitrogens with zero attached hydrogens (tertiary/aromatic N) is 1. The lowest BCUT2D eigenvalue weighted by Crippen LogP contribution is -2.35. The summed E-state index contributed by atoms with van der Waals surface area (Å²) >= 11 is 0. The van der Waals surface area contributed by atoms with Crippen LogP contribution >= 0.6 is 0 Å². The van der Waals surface area contributed by atoms with Crippen LogP contribution in [0.2, 0.25) is 0 Å². The average molecular weight is 209 g/mol. The lowest BCUT2D eigenvalue weighted by Gasteiger charge is -2.24. The predicted molar refractivity (Wildman–Crippen MR) is 61.2 cm³/mol. The molecule has 0 bridgehead atoms. The van der Waals surface area contributed by atoms with Crippen LogP contribution in [0.5, 0.6) is 0 Å². The standard InChI is InChI=1S/C12H19NO2/c1-5-10-7-6-8-13(11(10)14)9-12(2,3)15-4/h6-8H,5,9H2,1-4H3. The Kier molecular flexibility index (Phi) is 3.69. The average Bonchev–Trinajstić information content (AvgIpc) is 2.21. The second-order valence-electron chi connectivity index (χ2n) is 4.28. The molecule has 3 heteroatoms. The van der Waals surface area contributed by atoms with Crippen LogP contribution in [0, 0.1) is 0 Å². The van der Waals surface area contributed by atoms with Gasteiger partial charge in [-0.3, -0.25) is 4.79 Å². The van der Waals surface area contributed by atoms with Crippen LogP contribution in [0.3, 0.4) is 0 Å². The van der Waals surface area contributed by atoms with Gasteiger partial charge >= 0.3 is 0 Å². The topological polar surface area (TPSA) is 31.2 Å². The van der Waals surface area contributed by atoms with Crippen molar-refractivity contribution in [2.24, 2.45) is 0 Å². The summed E-state index contributed by atoms with van der Waals surface area (Å²) in [5.41, 5.74) is 0.630. The summed E-state index contributed by atoms with van der Waals surface area (Å²) in [6.07, 6.45) is 2.58. The molecule has 0 spiro atoms. The minimum atomic E-state index is -0.309. The van der Waals surface area contributed by atoms with E-state index in [1.807, 2.05) is 39.1 Å². The van der Waals surface area contributed by atoms with Crippen LogP contribution in [0.4, 0.5) is 0 Å². The molecule has 0 saturated heterocycles. The van der Waals surface area contributed by atoms with E-state index in [-0.39, 0.29) is 11.2 Å². The maximum absolute atomic E-state index is 11.9. The zero-order chi connectivity index (χ0) is 11.5. The van der Waals surface area contributed by atoms with Gasteiger partial charge in [0, 0.05) is 18.9 Å². The van der Waals surface area contributed by atoms with Gasteiger partial charge in [-0.2, -0.15) is 0 Å². The number of aromatic nitrogens is 1. The SMILES string of the molecule is CCc1cccn(CC(C)(C)OC)c1=O. The van der Waals surface area contributed by atoms with Crippen LogP contribution in [-0.2, 0) is 17.7 Å². The van der Waals surface area contributed by atoms with Crippen molar-refractivity contribution in [2.45, 2.75) is 39.3 Å². The van der Waals surface area contributed by atoms with Crippen LogP contribution in [-0.4, -0.2) is 17.3 Å². The number of aryl methyl sites for hydroxylation is 1. The Balaban J connectivity index is 3.01. The van der Waals surface area contributed by atoms with Crippen molar-refractivity contribution in [1.29, 1.82) is 0 Å². The largest absolute Gasteiger partial charge is 0.377 e. The van der Waals surface area contributed by atoms with Crippen LogP contribution in [0.25, 0.3) is 0 Å². The van der Waals surface area contributed by atoms with E-state index in [4.69, 9.17) is 4.74 Å². The summed E-state index contributed by atoms with van der Waals surface area (Å²) < 4.78 is 7.02. The molecule has 3 nitrogen and oxygen atoms in total. The molecule has 0 fully saturated rings. The molecule has 0 N–H and O–H groups in total. The van der Waals surface area contributed by atoms with Gasteiger partial charge in [-0.25, -0.2) is 0 Å². The molecule has 0 aromatic carbocycles. The number of hydrogen-bond donors (Lipinski definition) is 0. The highest BCUT2D eigenvalue weighted by molar-refractivity contribution is 5.10. The molecule has 0 saturated carbocycles. The number of methoxy groups -OCH3 is 1. The van der Waals surface area contributed by atoms with Gasteiger partial charge in [0.05, 0.1) is 12.1 Å². The third kappa shape index (κ3) is 2.93. The van der Waals surface area contributed by atoms with E-state index in [9.17, 15) is 4.79 Å². The van der Waals surface area contributed by atoms with Gasteiger partial charge in [0.2, 0.25) is 0 Å². The highest BCUT2D eigenvalue weighted by Crippen LogP contribution is 2.09. The summed E-state index contributed by atoms with van der Waals surface area (Å²) in [6.45, 7) is 6.51. The first kappa shape index (κ1) is 12.0. The Morgan fingerprint density at radius 1 is 1.47 bits per heavy atom. The van der Waals surface area contributed by atoms with Gasteiger partial charge in [-0.15, -0.1) is 0 Å². The summed E-state index contributed by atoms with van der Waals surface area (Å²) in [7, 11) is 1.66. The van der Waals surface area contributed by atoms with E-state index in [1.54, 1.807) is 11.7 Å². The van der Waals surface area contributed by atoms with Crippen LogP contribution < -0.4 is 5.56 Å². The number of hydrogen-bond acceptors (Lipinski definition) is 2. The molecular formula is C12H19NO2. The third-order valence-corrected chi connectivity index (χ3v) is 2.58. The van der Waals surface area contributed by atoms with Crippen molar-refractivity contribution >= 4 is 0 Å². The zero-order valence-corrected chi connectivity index (χ0v) is 9.91. The Labute approximate surface area is 90.7 Å². The molecule has 1 aromatic heterocycles. The molecule has 1 aromatic rings. The molecular weight excluding hydrogens is 190 g/mol. The summed E-state index contributed by atoms with van der Waals surface area (Å²) in [4.78, 5) is 11.9. The molecule has 0 radical (unpaired) electrons. The number of rotatable bonds is 4. The maximum Gasteiger partial charge on any atom is 0.253 e. The monoisotopic (exact) mass is 209 g/mol. The highest BCUT2D eigenvalue weighted by atomic mass is 16.5. The molecule has 15 heavy (non-hydrogen) atoms. The number of ether oxygens (including phenoxy) is 1. The Morgan fingerprint density at radius 2 is 2.13 bits per heavy atom. The van der Waals surface area contributed by atoms with Gasteiger partial charge in [-0.1, -0.05) is 13.0 Å². The van der Waals surface area contributed by atoms with Crippen molar-refractivity contribution in [3.8, 4) is 0 Å². The minimum absolute atomic E-state index is 0.0881. The van der Waals surface area contributed by atoms with E-state index < -0.39 is 0 Å². The van der Waals surface area contributed by atoms with E-state index in [0.29, 0.717) is 6.54 Å². The van der Waals surface area contributed by atoms with Gasteiger partial charge in [0.1, 0.15) is 0 Å². The smallest absolute Gasteiger partial charge is 0.253 e. The second-order valence-corrected chi connectivity index (χ2v) is 4.28. The Hall–Kier alpha value is -1.09. The summed E-state index contributed by atoms with van der Waals surface area (Å²) in [5.74, 6) is 0. The fourth-order valence-corrected chi connectivity index (χ4v) is 1.45.